The van der Waals surface area contributed by atoms with Gasteiger partial charge in [0.1, 0.15) is 0 Å². The second kappa shape index (κ2) is 11.8. The second-order valence-corrected chi connectivity index (χ2v) is 8.77. The molecule has 0 bridgehead atoms. The molecule has 1 saturated heterocycles. The van der Waals surface area contributed by atoms with Gasteiger partial charge in [-0.15, -0.1) is 24.0 Å². The molecule has 2 N–H and O–H groups in total. The van der Waals surface area contributed by atoms with Gasteiger partial charge in [-0.1, -0.05) is 6.92 Å². The number of halogens is 1. The molecule has 0 unspecified atom stereocenters. The van der Waals surface area contributed by atoms with Crippen molar-refractivity contribution in [1.82, 2.24) is 19.9 Å². The molecule has 27 heavy (non-hydrogen) atoms. The zero-order chi connectivity index (χ0) is 19.0. The summed E-state index contributed by atoms with van der Waals surface area (Å²) in [6.45, 7) is 5.90. The van der Waals surface area contributed by atoms with Gasteiger partial charge < -0.3 is 10.6 Å². The van der Waals surface area contributed by atoms with Crippen LogP contribution in [-0.4, -0.2) is 62.1 Å². The van der Waals surface area contributed by atoms with E-state index in [4.69, 9.17) is 0 Å². The normalized spacial score (nSPS) is 16.6. The number of nitrogens with one attached hydrogen (secondary N) is 2. The number of rotatable bonds is 7. The molecule has 1 fully saturated rings. The summed E-state index contributed by atoms with van der Waals surface area (Å²) in [7, 11) is -1.33. The first-order valence-electron chi connectivity index (χ1n) is 9.30. The molecule has 1 aromatic rings. The number of hydrogen-bond donors (Lipinski definition) is 2. The van der Waals surface area contributed by atoms with Crippen LogP contribution in [0.25, 0.3) is 0 Å². The minimum absolute atomic E-state index is 0. The molecule has 2 rings (SSSR count). The summed E-state index contributed by atoms with van der Waals surface area (Å²) in [6, 6.07) is 2.29. The molecule has 0 radical (unpaired) electrons. The van der Waals surface area contributed by atoms with E-state index in [0.29, 0.717) is 19.5 Å². The highest BCUT2D eigenvalue weighted by Crippen LogP contribution is 2.15. The Hall–Kier alpha value is -0.940. The summed E-state index contributed by atoms with van der Waals surface area (Å²) < 4.78 is 25.9. The molecular weight excluding hydrogens is 477 g/mol. The highest BCUT2D eigenvalue weighted by molar-refractivity contribution is 14.0. The van der Waals surface area contributed by atoms with Crippen molar-refractivity contribution in [2.24, 2.45) is 4.99 Å². The Labute approximate surface area is 180 Å². The fourth-order valence-electron chi connectivity index (χ4n) is 3.15. The maximum Gasteiger partial charge on any atom is 0.214 e. The number of guanidine groups is 1. The van der Waals surface area contributed by atoms with Crippen LogP contribution in [0.1, 0.15) is 37.3 Å². The lowest BCUT2D eigenvalue weighted by Crippen LogP contribution is -2.50. The Morgan fingerprint density at radius 1 is 1.37 bits per heavy atom. The van der Waals surface area contributed by atoms with Gasteiger partial charge >= 0.3 is 0 Å². The van der Waals surface area contributed by atoms with E-state index in [0.717, 1.165) is 31.8 Å². The average Bonchev–Trinajstić information content (AvgIpc) is 2.63. The molecule has 1 aliphatic rings. The van der Waals surface area contributed by atoms with Crippen LogP contribution in [0.2, 0.25) is 0 Å². The lowest BCUT2D eigenvalue weighted by Gasteiger charge is -2.32. The second-order valence-electron chi connectivity index (χ2n) is 6.68. The molecule has 0 amide bonds. The first kappa shape index (κ1) is 24.1. The van der Waals surface area contributed by atoms with Crippen LogP contribution in [0.5, 0.6) is 0 Å². The van der Waals surface area contributed by atoms with Gasteiger partial charge in [0.25, 0.3) is 0 Å². The molecular formula is C18H32IN5O2S. The van der Waals surface area contributed by atoms with Crippen LogP contribution in [0.3, 0.4) is 0 Å². The van der Waals surface area contributed by atoms with Crippen molar-refractivity contribution in [3.05, 3.63) is 29.6 Å². The van der Waals surface area contributed by atoms with Crippen LogP contribution >= 0.6 is 24.0 Å². The summed E-state index contributed by atoms with van der Waals surface area (Å²) in [5, 5.41) is 6.76. The summed E-state index contributed by atoms with van der Waals surface area (Å²) >= 11 is 0. The van der Waals surface area contributed by atoms with Gasteiger partial charge in [0.15, 0.2) is 5.96 Å². The number of piperidine rings is 1. The molecule has 7 nitrogen and oxygen atoms in total. The van der Waals surface area contributed by atoms with E-state index in [9.17, 15) is 8.42 Å². The molecule has 154 valence electrons. The van der Waals surface area contributed by atoms with Gasteiger partial charge in [0.05, 0.1) is 5.75 Å². The van der Waals surface area contributed by atoms with Crippen molar-refractivity contribution in [2.75, 3.05) is 32.4 Å². The Balaban J connectivity index is 0.00000364. The summed E-state index contributed by atoms with van der Waals surface area (Å²) in [4.78, 5) is 8.40. The van der Waals surface area contributed by atoms with Gasteiger partial charge in [0.2, 0.25) is 10.0 Å². The van der Waals surface area contributed by atoms with Crippen molar-refractivity contribution in [3.8, 4) is 0 Å². The van der Waals surface area contributed by atoms with E-state index >= 15 is 0 Å². The van der Waals surface area contributed by atoms with Crippen LogP contribution in [0.4, 0.5) is 0 Å². The lowest BCUT2D eigenvalue weighted by atomic mass is 10.1. The van der Waals surface area contributed by atoms with Gasteiger partial charge in [-0.25, -0.2) is 12.7 Å². The molecule has 0 atom stereocenters. The van der Waals surface area contributed by atoms with E-state index in [1.54, 1.807) is 11.4 Å². The Bertz CT molecular complexity index is 703. The maximum absolute atomic E-state index is 12.1. The molecule has 0 aromatic carbocycles. The van der Waals surface area contributed by atoms with Gasteiger partial charge in [-0.05, 0) is 49.8 Å². The number of hydrogen-bond acceptors (Lipinski definition) is 4. The lowest BCUT2D eigenvalue weighted by molar-refractivity contribution is 0.306. The highest BCUT2D eigenvalue weighted by Gasteiger charge is 2.27. The highest BCUT2D eigenvalue weighted by atomic mass is 127. The monoisotopic (exact) mass is 509 g/mol. The molecule has 1 aliphatic heterocycles. The molecule has 1 aromatic heterocycles. The number of aryl methyl sites for hydroxylation is 1. The van der Waals surface area contributed by atoms with Crippen molar-refractivity contribution in [1.29, 1.82) is 0 Å². The molecule has 0 saturated carbocycles. The van der Waals surface area contributed by atoms with Gasteiger partial charge in [0, 0.05) is 45.1 Å². The quantitative estimate of drug-likeness (QED) is 0.333. The average molecular weight is 509 g/mol. The van der Waals surface area contributed by atoms with Crippen molar-refractivity contribution in [3.63, 3.8) is 0 Å². The third kappa shape index (κ3) is 7.53. The fourth-order valence-corrected chi connectivity index (χ4v) is 4.69. The smallest absolute Gasteiger partial charge is 0.214 e. The number of sulfonamides is 1. The third-order valence-electron chi connectivity index (χ3n) is 4.70. The zero-order valence-corrected chi connectivity index (χ0v) is 19.6. The van der Waals surface area contributed by atoms with Crippen LogP contribution in [-0.2, 0) is 16.4 Å². The first-order valence-corrected chi connectivity index (χ1v) is 10.9. The Morgan fingerprint density at radius 3 is 2.67 bits per heavy atom. The Kier molecular flexibility index (Phi) is 10.5. The maximum atomic E-state index is 12.1. The largest absolute Gasteiger partial charge is 0.356 e. The third-order valence-corrected chi connectivity index (χ3v) is 6.77. The van der Waals surface area contributed by atoms with Crippen LogP contribution in [0, 0.1) is 6.92 Å². The minimum atomic E-state index is -3.09. The molecule has 2 heterocycles. The number of pyridine rings is 1. The topological polar surface area (TPSA) is 86.7 Å². The van der Waals surface area contributed by atoms with E-state index in [2.05, 4.69) is 27.5 Å². The SMILES string of the molecule is CCCS(=O)(=O)N1CCC(NC(=NC)NCCc2ccncc2C)CC1.I. The van der Waals surface area contributed by atoms with Crippen LogP contribution < -0.4 is 10.6 Å². The van der Waals surface area contributed by atoms with E-state index in [1.807, 2.05) is 25.4 Å². The van der Waals surface area contributed by atoms with E-state index < -0.39 is 10.0 Å². The number of aliphatic imine (C=N–C) groups is 1. The minimum Gasteiger partial charge on any atom is -0.356 e. The predicted octanol–water partition coefficient (Wildman–Crippen LogP) is 1.92. The van der Waals surface area contributed by atoms with E-state index in [1.165, 1.54) is 11.1 Å². The number of nitrogens with zero attached hydrogens (tertiary/aromatic N) is 3. The fraction of sp³-hybridized carbons (Fsp3) is 0.667. The van der Waals surface area contributed by atoms with Crippen molar-refractivity contribution in [2.45, 2.75) is 45.6 Å². The summed E-state index contributed by atoms with van der Waals surface area (Å²) in [5.74, 6) is 1.01. The molecule has 0 spiro atoms. The first-order chi connectivity index (χ1) is 12.5. The number of aromatic nitrogens is 1. The van der Waals surface area contributed by atoms with Gasteiger partial charge in [-0.3, -0.25) is 9.98 Å². The van der Waals surface area contributed by atoms with E-state index in [-0.39, 0.29) is 35.8 Å². The standard InChI is InChI=1S/C18H31N5O2S.HI/c1-4-13-26(24,25)23-11-7-17(8-12-23)22-18(19-3)21-10-6-16-5-9-20-14-15(16)2;/h5,9,14,17H,4,6-8,10-13H2,1-3H3,(H2,19,21,22);1H. The predicted molar refractivity (Wildman–Crippen MR) is 121 cm³/mol. The molecule has 9 heteroatoms. The van der Waals surface area contributed by atoms with Gasteiger partial charge in [-0.2, -0.15) is 0 Å². The van der Waals surface area contributed by atoms with Crippen molar-refractivity contribution < 1.29 is 8.42 Å². The summed E-state index contributed by atoms with van der Waals surface area (Å²) in [6.07, 6.45) is 6.86. The molecule has 0 aliphatic carbocycles. The van der Waals surface area contributed by atoms with Crippen LogP contribution in [0.15, 0.2) is 23.5 Å². The summed E-state index contributed by atoms with van der Waals surface area (Å²) in [5.41, 5.74) is 2.47. The zero-order valence-electron chi connectivity index (χ0n) is 16.4. The Morgan fingerprint density at radius 2 is 2.07 bits per heavy atom. The van der Waals surface area contributed by atoms with Crippen molar-refractivity contribution >= 4 is 40.0 Å².